The molecule has 5 heteroatoms. The predicted molar refractivity (Wildman–Crippen MR) is 288 cm³/mol. The van der Waals surface area contributed by atoms with Gasteiger partial charge in [0.25, 0.3) is 0 Å². The van der Waals surface area contributed by atoms with Crippen LogP contribution in [0.2, 0.25) is 0 Å². The molecule has 0 aliphatic heterocycles. The minimum Gasteiger partial charge on any atom is -0.462 e. The maximum Gasteiger partial charge on any atom is 0.306 e. The fraction of sp³-hybridized carbons (Fsp3) is 0.803. The monoisotopic (exact) mass is 923 g/mol. The number of rotatable bonds is 53. The summed E-state index contributed by atoms with van der Waals surface area (Å²) < 4.78 is 17.5. The van der Waals surface area contributed by atoms with Crippen molar-refractivity contribution in [2.75, 3.05) is 19.8 Å². The Morgan fingerprint density at radius 2 is 0.636 bits per heavy atom. The van der Waals surface area contributed by atoms with Gasteiger partial charge in [-0.25, -0.2) is 0 Å². The van der Waals surface area contributed by atoms with E-state index in [4.69, 9.17) is 14.2 Å². The molecular weight excluding hydrogens is 813 g/mol. The summed E-state index contributed by atoms with van der Waals surface area (Å²) in [4.78, 5) is 25.5. The highest BCUT2D eigenvalue weighted by Gasteiger charge is 2.17. The maximum absolute atomic E-state index is 12.8. The third-order valence-electron chi connectivity index (χ3n) is 12.5. The lowest BCUT2D eigenvalue weighted by Gasteiger charge is -2.18. The van der Waals surface area contributed by atoms with Gasteiger partial charge in [0.15, 0.2) is 6.10 Å². The van der Waals surface area contributed by atoms with E-state index in [2.05, 4.69) is 81.5 Å². The van der Waals surface area contributed by atoms with E-state index in [1.165, 1.54) is 186 Å². The summed E-state index contributed by atoms with van der Waals surface area (Å²) in [5.74, 6) is -0.403. The molecule has 1 atom stereocenters. The van der Waals surface area contributed by atoms with Gasteiger partial charge in [0.05, 0.1) is 6.61 Å². The molecule has 0 aromatic heterocycles. The van der Waals surface area contributed by atoms with Gasteiger partial charge in [-0.05, 0) is 89.9 Å². The van der Waals surface area contributed by atoms with Crippen LogP contribution in [-0.4, -0.2) is 37.9 Å². The fourth-order valence-corrected chi connectivity index (χ4v) is 8.20. The largest absolute Gasteiger partial charge is 0.462 e. The minimum absolute atomic E-state index is 0.0780. The van der Waals surface area contributed by atoms with Crippen molar-refractivity contribution in [3.8, 4) is 0 Å². The van der Waals surface area contributed by atoms with Crippen molar-refractivity contribution in [3.63, 3.8) is 0 Å². The number of unbranched alkanes of at least 4 members (excludes halogenated alkanes) is 32. The van der Waals surface area contributed by atoms with Gasteiger partial charge in [-0.15, -0.1) is 0 Å². The Labute approximate surface area is 411 Å². The van der Waals surface area contributed by atoms with Gasteiger partial charge in [0, 0.05) is 19.4 Å². The lowest BCUT2D eigenvalue weighted by molar-refractivity contribution is -0.163. The molecule has 1 unspecified atom stereocenters. The normalized spacial score (nSPS) is 12.6. The van der Waals surface area contributed by atoms with Crippen LogP contribution >= 0.6 is 0 Å². The van der Waals surface area contributed by atoms with Crippen molar-refractivity contribution in [1.29, 1.82) is 0 Å². The molecule has 0 saturated carbocycles. The third-order valence-corrected chi connectivity index (χ3v) is 12.5. The van der Waals surface area contributed by atoms with Gasteiger partial charge < -0.3 is 14.2 Å². The molecule has 0 fully saturated rings. The second kappa shape index (κ2) is 56.9. The molecular formula is C61H110O5. The van der Waals surface area contributed by atoms with Crippen LogP contribution in [0.25, 0.3) is 0 Å². The molecule has 0 rings (SSSR count). The second-order valence-electron chi connectivity index (χ2n) is 19.2. The summed E-state index contributed by atoms with van der Waals surface area (Å²) in [5, 5.41) is 0. The summed E-state index contributed by atoms with van der Waals surface area (Å²) in [6, 6.07) is 0. The number of ether oxygens (including phenoxy) is 3. The quantitative estimate of drug-likeness (QED) is 0.0346. The van der Waals surface area contributed by atoms with Crippen LogP contribution in [0.4, 0.5) is 0 Å². The van der Waals surface area contributed by atoms with Gasteiger partial charge in [0.1, 0.15) is 6.61 Å². The average Bonchev–Trinajstić information content (AvgIpc) is 3.32. The van der Waals surface area contributed by atoms with Gasteiger partial charge in [0.2, 0.25) is 0 Å². The summed E-state index contributed by atoms with van der Waals surface area (Å²) >= 11 is 0. The first kappa shape index (κ1) is 63.6. The first-order chi connectivity index (χ1) is 32.6. The molecule has 384 valence electrons. The summed E-state index contributed by atoms with van der Waals surface area (Å²) in [5.41, 5.74) is 0. The molecule has 0 N–H and O–H groups in total. The van der Waals surface area contributed by atoms with E-state index in [1.54, 1.807) is 0 Å². The number of carbonyl (C=O) groups excluding carboxylic acids is 2. The first-order valence-corrected chi connectivity index (χ1v) is 28.8. The molecule has 0 spiro atoms. The van der Waals surface area contributed by atoms with Gasteiger partial charge in [-0.3, -0.25) is 9.59 Å². The van der Waals surface area contributed by atoms with E-state index in [9.17, 15) is 9.59 Å². The molecule has 66 heavy (non-hydrogen) atoms. The van der Waals surface area contributed by atoms with Crippen LogP contribution in [0.5, 0.6) is 0 Å². The number of hydrogen-bond donors (Lipinski definition) is 0. The molecule has 0 amide bonds. The van der Waals surface area contributed by atoms with Crippen LogP contribution < -0.4 is 0 Å². The zero-order valence-corrected chi connectivity index (χ0v) is 44.2. The molecule has 0 aromatic rings. The van der Waals surface area contributed by atoms with Crippen LogP contribution in [0, 0.1) is 0 Å². The highest BCUT2D eigenvalue weighted by molar-refractivity contribution is 5.70. The summed E-state index contributed by atoms with van der Waals surface area (Å²) in [6.45, 7) is 7.79. The highest BCUT2D eigenvalue weighted by Crippen LogP contribution is 2.15. The second-order valence-corrected chi connectivity index (χ2v) is 19.2. The molecule has 0 aromatic carbocycles. The number of esters is 2. The van der Waals surface area contributed by atoms with E-state index < -0.39 is 6.10 Å². The Morgan fingerprint density at radius 1 is 0.333 bits per heavy atom. The molecule has 0 heterocycles. The van der Waals surface area contributed by atoms with Crippen molar-refractivity contribution >= 4 is 11.9 Å². The SMILES string of the molecule is CCCCC/C=C\C/C=C\C/C=C\CCCCCCCCC(=O)OCC(COCCCCCCCCCC/C=C\C/C=C\CCCCC)OC(=O)CCCCCCCCCCCCCCC. The fourth-order valence-electron chi connectivity index (χ4n) is 8.20. The Balaban J connectivity index is 4.27. The van der Waals surface area contributed by atoms with E-state index in [1.807, 2.05) is 0 Å². The standard InChI is InChI=1S/C61H110O5/c1-4-7-10-13-16-19-22-25-27-29-31-32-34-37-39-42-45-48-51-54-60(62)65-58-59(66-61(63)55-52-49-46-43-40-36-24-21-18-15-12-9-6-3)57-64-56-53-50-47-44-41-38-35-33-30-28-26-23-20-17-14-11-8-5-2/h16-17,19-20,25-28,31-32,59H,4-15,18,21-24,29-30,33-58H2,1-3H3/b19-16-,20-17-,27-25-,28-26-,32-31-. The zero-order valence-electron chi connectivity index (χ0n) is 44.2. The minimum atomic E-state index is -0.544. The Morgan fingerprint density at radius 3 is 1.05 bits per heavy atom. The molecule has 0 saturated heterocycles. The molecule has 0 aliphatic carbocycles. The molecule has 0 radical (unpaired) electrons. The first-order valence-electron chi connectivity index (χ1n) is 28.8. The van der Waals surface area contributed by atoms with Crippen molar-refractivity contribution in [2.45, 2.75) is 297 Å². The average molecular weight is 924 g/mol. The van der Waals surface area contributed by atoms with Crippen molar-refractivity contribution < 1.29 is 23.8 Å². The van der Waals surface area contributed by atoms with Crippen molar-refractivity contribution in [1.82, 2.24) is 0 Å². The van der Waals surface area contributed by atoms with Crippen LogP contribution in [0.3, 0.4) is 0 Å². The van der Waals surface area contributed by atoms with Crippen molar-refractivity contribution in [3.05, 3.63) is 60.8 Å². The van der Waals surface area contributed by atoms with Gasteiger partial charge >= 0.3 is 11.9 Å². The number of allylic oxidation sites excluding steroid dienone is 10. The summed E-state index contributed by atoms with van der Waals surface area (Å²) in [6.07, 6.45) is 72.3. The highest BCUT2D eigenvalue weighted by atomic mass is 16.6. The van der Waals surface area contributed by atoms with E-state index in [0.717, 1.165) is 70.6 Å². The topological polar surface area (TPSA) is 61.8 Å². The van der Waals surface area contributed by atoms with Crippen LogP contribution in [-0.2, 0) is 23.8 Å². The van der Waals surface area contributed by atoms with Gasteiger partial charge in [-0.2, -0.15) is 0 Å². The molecule has 0 bridgehead atoms. The van der Waals surface area contributed by atoms with Crippen LogP contribution in [0.15, 0.2) is 60.8 Å². The Kier molecular flexibility index (Phi) is 54.9. The smallest absolute Gasteiger partial charge is 0.306 e. The number of hydrogen-bond acceptors (Lipinski definition) is 5. The van der Waals surface area contributed by atoms with Crippen LogP contribution in [0.1, 0.15) is 290 Å². The molecule has 0 aliphatic rings. The predicted octanol–water partition coefficient (Wildman–Crippen LogP) is 19.7. The summed E-state index contributed by atoms with van der Waals surface area (Å²) in [7, 11) is 0. The van der Waals surface area contributed by atoms with E-state index >= 15 is 0 Å². The van der Waals surface area contributed by atoms with E-state index in [-0.39, 0.29) is 25.2 Å². The lowest BCUT2D eigenvalue weighted by Crippen LogP contribution is -2.30. The Bertz CT molecular complexity index is 1130. The molecule has 5 nitrogen and oxygen atoms in total. The van der Waals surface area contributed by atoms with Crippen molar-refractivity contribution in [2.24, 2.45) is 0 Å². The van der Waals surface area contributed by atoms with Gasteiger partial charge in [-0.1, -0.05) is 248 Å². The van der Waals surface area contributed by atoms with E-state index in [0.29, 0.717) is 19.4 Å². The maximum atomic E-state index is 12.8. The third kappa shape index (κ3) is 54.2. The number of carbonyl (C=O) groups is 2. The Hall–Kier alpha value is -2.40. The lowest BCUT2D eigenvalue weighted by atomic mass is 10.0. The zero-order chi connectivity index (χ0) is 47.7.